The zero-order valence-corrected chi connectivity index (χ0v) is 12.7. The third-order valence-corrected chi connectivity index (χ3v) is 4.38. The Balaban J connectivity index is 1.61. The molecule has 1 aliphatic heterocycles. The summed E-state index contributed by atoms with van der Waals surface area (Å²) in [6, 6.07) is 13.1. The van der Waals surface area contributed by atoms with Gasteiger partial charge in [0.05, 0.1) is 11.6 Å². The molecule has 21 heavy (non-hydrogen) atoms. The van der Waals surface area contributed by atoms with Crippen molar-refractivity contribution >= 4 is 10.9 Å². The van der Waals surface area contributed by atoms with Crippen LogP contribution in [-0.4, -0.2) is 30.8 Å². The maximum atomic E-state index is 5.71. The maximum Gasteiger partial charge on any atom is 0.0705 e. The van der Waals surface area contributed by atoms with Gasteiger partial charge >= 0.3 is 0 Å². The van der Waals surface area contributed by atoms with Crippen molar-refractivity contribution in [2.45, 2.75) is 44.2 Å². The second-order valence-electron chi connectivity index (χ2n) is 5.90. The molecule has 2 unspecified atom stereocenters. The van der Waals surface area contributed by atoms with Crippen LogP contribution in [-0.2, 0) is 11.2 Å². The van der Waals surface area contributed by atoms with Gasteiger partial charge in [0.25, 0.3) is 0 Å². The van der Waals surface area contributed by atoms with E-state index >= 15 is 0 Å². The molecule has 1 aromatic carbocycles. The maximum absolute atomic E-state index is 5.71. The van der Waals surface area contributed by atoms with E-state index in [4.69, 9.17) is 9.72 Å². The van der Waals surface area contributed by atoms with Gasteiger partial charge in [0, 0.05) is 30.1 Å². The van der Waals surface area contributed by atoms with Crippen LogP contribution in [0.25, 0.3) is 10.9 Å². The summed E-state index contributed by atoms with van der Waals surface area (Å²) >= 11 is 0. The average molecular weight is 284 g/mol. The Hall–Kier alpha value is -1.45. The number of ether oxygens (including phenoxy) is 1. The van der Waals surface area contributed by atoms with Gasteiger partial charge in [-0.15, -0.1) is 0 Å². The molecule has 1 aliphatic rings. The van der Waals surface area contributed by atoms with Crippen molar-refractivity contribution in [3.05, 3.63) is 42.1 Å². The fourth-order valence-corrected chi connectivity index (χ4v) is 3.08. The van der Waals surface area contributed by atoms with E-state index in [0.29, 0.717) is 12.1 Å². The molecule has 1 saturated heterocycles. The highest BCUT2D eigenvalue weighted by atomic mass is 16.5. The molecule has 0 radical (unpaired) electrons. The number of hydrogen-bond donors (Lipinski definition) is 1. The van der Waals surface area contributed by atoms with Gasteiger partial charge in [-0.2, -0.15) is 0 Å². The second kappa shape index (κ2) is 7.01. The number of nitrogens with zero attached hydrogens (tertiary/aromatic N) is 1. The first-order valence-corrected chi connectivity index (χ1v) is 7.98. The quantitative estimate of drug-likeness (QED) is 0.883. The van der Waals surface area contributed by atoms with Gasteiger partial charge in [0.1, 0.15) is 0 Å². The number of fused-ring (bicyclic) bond motifs is 1. The molecule has 1 N–H and O–H groups in total. The summed E-state index contributed by atoms with van der Waals surface area (Å²) in [6.45, 7) is 0.946. The van der Waals surface area contributed by atoms with Crippen LogP contribution in [0.5, 0.6) is 0 Å². The van der Waals surface area contributed by atoms with Gasteiger partial charge in [-0.1, -0.05) is 24.3 Å². The van der Waals surface area contributed by atoms with E-state index in [9.17, 15) is 0 Å². The fraction of sp³-hybridized carbons (Fsp3) is 0.500. The van der Waals surface area contributed by atoms with Crippen molar-refractivity contribution < 1.29 is 4.74 Å². The van der Waals surface area contributed by atoms with Crippen molar-refractivity contribution in [1.82, 2.24) is 10.3 Å². The lowest BCUT2D eigenvalue weighted by Gasteiger charge is -2.18. The zero-order chi connectivity index (χ0) is 14.5. The van der Waals surface area contributed by atoms with Crippen LogP contribution in [0.3, 0.4) is 0 Å². The van der Waals surface area contributed by atoms with Crippen molar-refractivity contribution in [3.63, 3.8) is 0 Å². The number of likely N-dealkylation sites (N-methyl/N-ethyl adjacent to an activating group) is 1. The zero-order valence-electron chi connectivity index (χ0n) is 12.7. The van der Waals surface area contributed by atoms with Gasteiger partial charge in [-0.05, 0) is 44.9 Å². The standard InChI is InChI=1S/C18H24N2O/c1-19-15(10-11-17-6-4-12-21-17)13-16-9-8-14-5-2-3-7-18(14)20-16/h2-3,5,7-9,15,17,19H,4,6,10-13H2,1H3. The lowest BCUT2D eigenvalue weighted by Crippen LogP contribution is -2.29. The van der Waals surface area contributed by atoms with Crippen LogP contribution in [0.15, 0.2) is 36.4 Å². The van der Waals surface area contributed by atoms with E-state index in [1.807, 2.05) is 13.1 Å². The number of para-hydroxylation sites is 1. The Kier molecular flexibility index (Phi) is 4.84. The fourth-order valence-electron chi connectivity index (χ4n) is 3.08. The van der Waals surface area contributed by atoms with Gasteiger partial charge in [-0.25, -0.2) is 0 Å². The van der Waals surface area contributed by atoms with Gasteiger partial charge in [0.2, 0.25) is 0 Å². The molecule has 3 heteroatoms. The predicted molar refractivity (Wildman–Crippen MR) is 86.5 cm³/mol. The van der Waals surface area contributed by atoms with Gasteiger partial charge in [0.15, 0.2) is 0 Å². The molecule has 2 atom stereocenters. The highest BCUT2D eigenvalue weighted by molar-refractivity contribution is 5.78. The molecule has 0 spiro atoms. The van der Waals surface area contributed by atoms with Crippen LogP contribution in [0.1, 0.15) is 31.4 Å². The molecule has 3 rings (SSSR count). The van der Waals surface area contributed by atoms with E-state index in [1.165, 1.54) is 23.9 Å². The van der Waals surface area contributed by atoms with Crippen LogP contribution in [0.2, 0.25) is 0 Å². The first kappa shape index (κ1) is 14.5. The first-order chi connectivity index (χ1) is 10.3. The summed E-state index contributed by atoms with van der Waals surface area (Å²) in [5, 5.41) is 4.64. The summed E-state index contributed by atoms with van der Waals surface area (Å²) < 4.78 is 5.71. The second-order valence-corrected chi connectivity index (χ2v) is 5.90. The van der Waals surface area contributed by atoms with Crippen LogP contribution < -0.4 is 5.32 Å². The molecule has 0 bridgehead atoms. The molecule has 0 saturated carbocycles. The van der Waals surface area contributed by atoms with Crippen LogP contribution in [0.4, 0.5) is 0 Å². The van der Waals surface area contributed by atoms with Crippen molar-refractivity contribution in [2.24, 2.45) is 0 Å². The highest BCUT2D eigenvalue weighted by Crippen LogP contribution is 2.19. The van der Waals surface area contributed by atoms with Crippen LogP contribution >= 0.6 is 0 Å². The molecule has 3 nitrogen and oxygen atoms in total. The van der Waals surface area contributed by atoms with Crippen LogP contribution in [0, 0.1) is 0 Å². The molecule has 2 heterocycles. The summed E-state index contributed by atoms with van der Waals surface area (Å²) in [5.74, 6) is 0. The number of aromatic nitrogens is 1. The third-order valence-electron chi connectivity index (χ3n) is 4.38. The Morgan fingerprint density at radius 3 is 3.00 bits per heavy atom. The minimum atomic E-state index is 0.475. The monoisotopic (exact) mass is 284 g/mol. The summed E-state index contributed by atoms with van der Waals surface area (Å²) in [7, 11) is 2.04. The number of nitrogens with one attached hydrogen (secondary N) is 1. The predicted octanol–water partition coefficient (Wildman–Crippen LogP) is 3.32. The number of hydrogen-bond acceptors (Lipinski definition) is 3. The minimum absolute atomic E-state index is 0.475. The number of benzene rings is 1. The number of pyridine rings is 1. The normalized spacial score (nSPS) is 20.0. The Labute approximate surface area is 126 Å². The number of rotatable bonds is 6. The molecule has 2 aromatic rings. The Morgan fingerprint density at radius 2 is 2.19 bits per heavy atom. The molecule has 1 aromatic heterocycles. The minimum Gasteiger partial charge on any atom is -0.378 e. The smallest absolute Gasteiger partial charge is 0.0705 e. The Bertz CT molecular complexity index is 578. The lowest BCUT2D eigenvalue weighted by atomic mass is 10.0. The lowest BCUT2D eigenvalue weighted by molar-refractivity contribution is 0.0998. The SMILES string of the molecule is CNC(CCC1CCCO1)Cc1ccc2ccccc2n1. The molecule has 1 fully saturated rings. The molecule has 0 aliphatic carbocycles. The molecular formula is C18H24N2O. The van der Waals surface area contributed by atoms with E-state index in [0.717, 1.165) is 31.4 Å². The first-order valence-electron chi connectivity index (χ1n) is 7.98. The van der Waals surface area contributed by atoms with Crippen molar-refractivity contribution in [3.8, 4) is 0 Å². The van der Waals surface area contributed by atoms with E-state index in [1.54, 1.807) is 0 Å². The highest BCUT2D eigenvalue weighted by Gasteiger charge is 2.17. The summed E-state index contributed by atoms with van der Waals surface area (Å²) in [5.41, 5.74) is 2.25. The topological polar surface area (TPSA) is 34.1 Å². The molecular weight excluding hydrogens is 260 g/mol. The van der Waals surface area contributed by atoms with Crippen molar-refractivity contribution in [1.29, 1.82) is 0 Å². The average Bonchev–Trinajstić information content (AvgIpc) is 3.04. The largest absolute Gasteiger partial charge is 0.378 e. The van der Waals surface area contributed by atoms with Crippen molar-refractivity contribution in [2.75, 3.05) is 13.7 Å². The van der Waals surface area contributed by atoms with E-state index in [-0.39, 0.29) is 0 Å². The van der Waals surface area contributed by atoms with Gasteiger partial charge in [-0.3, -0.25) is 4.98 Å². The molecule has 0 amide bonds. The summed E-state index contributed by atoms with van der Waals surface area (Å²) in [4.78, 5) is 4.77. The van der Waals surface area contributed by atoms with E-state index in [2.05, 4.69) is 35.6 Å². The van der Waals surface area contributed by atoms with Gasteiger partial charge < -0.3 is 10.1 Å². The molecule has 112 valence electrons. The summed E-state index contributed by atoms with van der Waals surface area (Å²) in [6.07, 6.45) is 6.21. The third kappa shape index (κ3) is 3.80. The van der Waals surface area contributed by atoms with E-state index < -0.39 is 0 Å². The Morgan fingerprint density at radius 1 is 1.29 bits per heavy atom.